The summed E-state index contributed by atoms with van der Waals surface area (Å²) in [5.41, 5.74) is 5.19. The van der Waals surface area contributed by atoms with E-state index >= 15 is 0 Å². The summed E-state index contributed by atoms with van der Waals surface area (Å²) >= 11 is 0. The Morgan fingerprint density at radius 3 is 2.86 bits per heavy atom. The monoisotopic (exact) mass is 193 g/mol. The first-order chi connectivity index (χ1) is 6.65. The van der Waals surface area contributed by atoms with Gasteiger partial charge in [0.1, 0.15) is 5.69 Å². The predicted octanol–water partition coefficient (Wildman–Crippen LogP) is -1.46. The van der Waals surface area contributed by atoms with Gasteiger partial charge in [0.05, 0.1) is 6.20 Å². The van der Waals surface area contributed by atoms with Gasteiger partial charge in [-0.25, -0.2) is 4.79 Å². The quantitative estimate of drug-likeness (QED) is 0.572. The van der Waals surface area contributed by atoms with Crippen LogP contribution < -0.4 is 11.4 Å². The van der Waals surface area contributed by atoms with Crippen molar-refractivity contribution in [2.24, 2.45) is 7.05 Å². The number of aryl methyl sites for hydroxylation is 1. The lowest BCUT2D eigenvalue weighted by atomic mass is 10.4. The molecule has 0 amide bonds. The number of aromatic nitrogens is 6. The minimum absolute atomic E-state index is 0.0885. The zero-order chi connectivity index (χ0) is 10.1. The highest BCUT2D eigenvalue weighted by molar-refractivity contribution is 5.47. The van der Waals surface area contributed by atoms with Crippen LogP contribution >= 0.6 is 0 Å². The molecule has 0 radical (unpaired) electrons. The Labute approximate surface area is 77.8 Å². The Morgan fingerprint density at radius 1 is 1.50 bits per heavy atom. The van der Waals surface area contributed by atoms with E-state index in [0.717, 1.165) is 0 Å². The molecule has 8 nitrogen and oxygen atoms in total. The third-order valence-corrected chi connectivity index (χ3v) is 1.51. The minimum Gasteiger partial charge on any atom is -0.368 e. The fourth-order valence-electron chi connectivity index (χ4n) is 0.976. The molecule has 0 aliphatic rings. The lowest BCUT2D eigenvalue weighted by Crippen LogP contribution is -2.15. The van der Waals surface area contributed by atoms with Gasteiger partial charge < -0.3 is 5.73 Å². The van der Waals surface area contributed by atoms with E-state index in [1.54, 1.807) is 7.05 Å². The van der Waals surface area contributed by atoms with Crippen molar-refractivity contribution >= 4 is 5.95 Å². The Hall–Kier alpha value is -2.25. The smallest absolute Gasteiger partial charge is 0.349 e. The standard InChI is InChI=1S/C6H7N7O/c1-13-8-2-3(12-13)4-9-5(7)11-6(14)10-4/h2H,1H3,(H3,7,9,10,11,14). The summed E-state index contributed by atoms with van der Waals surface area (Å²) in [4.78, 5) is 21.9. The second kappa shape index (κ2) is 2.91. The van der Waals surface area contributed by atoms with E-state index in [-0.39, 0.29) is 11.8 Å². The highest BCUT2D eigenvalue weighted by Crippen LogP contribution is 2.06. The molecule has 0 aromatic carbocycles. The second-order valence-electron chi connectivity index (χ2n) is 2.58. The van der Waals surface area contributed by atoms with Crippen LogP contribution in [0.2, 0.25) is 0 Å². The van der Waals surface area contributed by atoms with E-state index in [1.165, 1.54) is 11.0 Å². The van der Waals surface area contributed by atoms with E-state index < -0.39 is 5.69 Å². The molecule has 72 valence electrons. The van der Waals surface area contributed by atoms with E-state index in [1.807, 2.05) is 0 Å². The van der Waals surface area contributed by atoms with Crippen molar-refractivity contribution < 1.29 is 0 Å². The second-order valence-corrected chi connectivity index (χ2v) is 2.58. The van der Waals surface area contributed by atoms with E-state index in [4.69, 9.17) is 5.73 Å². The van der Waals surface area contributed by atoms with Crippen molar-refractivity contribution in [2.45, 2.75) is 0 Å². The van der Waals surface area contributed by atoms with Gasteiger partial charge in [0.25, 0.3) is 0 Å². The fourth-order valence-corrected chi connectivity index (χ4v) is 0.976. The number of nitrogen functional groups attached to an aromatic ring is 1. The van der Waals surface area contributed by atoms with Crippen molar-refractivity contribution in [1.82, 2.24) is 29.9 Å². The summed E-state index contributed by atoms with van der Waals surface area (Å²) in [6.07, 6.45) is 1.47. The summed E-state index contributed by atoms with van der Waals surface area (Å²) < 4.78 is 0. The summed E-state index contributed by atoms with van der Waals surface area (Å²) in [5, 5.41) is 7.79. The Morgan fingerprint density at radius 2 is 2.29 bits per heavy atom. The molecule has 0 atom stereocenters. The molecule has 0 spiro atoms. The van der Waals surface area contributed by atoms with E-state index in [2.05, 4.69) is 25.1 Å². The number of H-pyrrole nitrogens is 1. The fraction of sp³-hybridized carbons (Fsp3) is 0.167. The minimum atomic E-state index is -0.557. The maximum absolute atomic E-state index is 10.9. The van der Waals surface area contributed by atoms with Crippen LogP contribution in [0.4, 0.5) is 5.95 Å². The van der Waals surface area contributed by atoms with Crippen molar-refractivity contribution in [3.05, 3.63) is 16.7 Å². The zero-order valence-corrected chi connectivity index (χ0v) is 7.30. The molecule has 8 heteroatoms. The van der Waals surface area contributed by atoms with E-state index in [0.29, 0.717) is 5.69 Å². The molecule has 2 rings (SSSR count). The molecule has 0 bridgehead atoms. The number of nitrogens with zero attached hydrogens (tertiary/aromatic N) is 5. The Bertz CT molecular complexity index is 513. The van der Waals surface area contributed by atoms with Gasteiger partial charge in [-0.2, -0.15) is 25.0 Å². The summed E-state index contributed by atoms with van der Waals surface area (Å²) in [7, 11) is 1.66. The van der Waals surface area contributed by atoms with Gasteiger partial charge in [-0.3, -0.25) is 4.98 Å². The largest absolute Gasteiger partial charge is 0.368 e. The van der Waals surface area contributed by atoms with Crippen LogP contribution in [0.25, 0.3) is 11.5 Å². The Balaban J connectivity index is 2.56. The molecule has 14 heavy (non-hydrogen) atoms. The molecule has 0 aliphatic heterocycles. The average Bonchev–Trinajstić information content (AvgIpc) is 2.50. The number of anilines is 1. The molecule has 2 heterocycles. The normalized spacial score (nSPS) is 10.4. The first-order valence-electron chi connectivity index (χ1n) is 3.75. The van der Waals surface area contributed by atoms with Gasteiger partial charge >= 0.3 is 5.69 Å². The van der Waals surface area contributed by atoms with Gasteiger partial charge in [-0.15, -0.1) is 0 Å². The van der Waals surface area contributed by atoms with Crippen molar-refractivity contribution in [3.8, 4) is 11.5 Å². The van der Waals surface area contributed by atoms with Crippen LogP contribution in [0, 0.1) is 0 Å². The molecule has 0 saturated heterocycles. The Kier molecular flexibility index (Phi) is 1.73. The maximum atomic E-state index is 10.9. The lowest BCUT2D eigenvalue weighted by molar-refractivity contribution is 0.654. The average molecular weight is 193 g/mol. The van der Waals surface area contributed by atoms with Crippen LogP contribution in [0.15, 0.2) is 11.0 Å². The molecule has 0 fully saturated rings. The van der Waals surface area contributed by atoms with E-state index in [9.17, 15) is 4.79 Å². The van der Waals surface area contributed by atoms with Crippen LogP contribution in [0.5, 0.6) is 0 Å². The molecular formula is C6H7N7O. The van der Waals surface area contributed by atoms with Crippen LogP contribution in [-0.4, -0.2) is 29.9 Å². The SMILES string of the molecule is Cn1ncc(-c2nc(N)nc(=O)[nH]2)n1. The first-order valence-corrected chi connectivity index (χ1v) is 3.75. The van der Waals surface area contributed by atoms with Gasteiger partial charge in [-0.05, 0) is 0 Å². The highest BCUT2D eigenvalue weighted by atomic mass is 16.1. The predicted molar refractivity (Wildman–Crippen MR) is 47.1 cm³/mol. The van der Waals surface area contributed by atoms with Crippen LogP contribution in [0.1, 0.15) is 0 Å². The van der Waals surface area contributed by atoms with Gasteiger partial charge in [0.15, 0.2) is 5.82 Å². The zero-order valence-electron chi connectivity index (χ0n) is 7.30. The molecule has 0 saturated carbocycles. The third kappa shape index (κ3) is 1.44. The molecule has 0 aliphatic carbocycles. The third-order valence-electron chi connectivity index (χ3n) is 1.51. The number of aromatic amines is 1. The first kappa shape index (κ1) is 8.35. The number of hydrogen-bond acceptors (Lipinski definition) is 6. The lowest BCUT2D eigenvalue weighted by Gasteiger charge is -1.94. The number of rotatable bonds is 1. The molecule has 2 aromatic heterocycles. The highest BCUT2D eigenvalue weighted by Gasteiger charge is 2.06. The molecule has 2 aromatic rings. The summed E-state index contributed by atoms with van der Waals surface area (Å²) in [6.45, 7) is 0. The molecule has 0 unspecified atom stereocenters. The van der Waals surface area contributed by atoms with Gasteiger partial charge in [-0.1, -0.05) is 0 Å². The van der Waals surface area contributed by atoms with Crippen molar-refractivity contribution in [2.75, 3.05) is 5.73 Å². The number of nitrogens with two attached hydrogens (primary N) is 1. The number of nitrogens with one attached hydrogen (secondary N) is 1. The summed E-state index contributed by atoms with van der Waals surface area (Å²) in [5.74, 6) is 0.171. The topological polar surface area (TPSA) is 115 Å². The van der Waals surface area contributed by atoms with Crippen molar-refractivity contribution in [3.63, 3.8) is 0 Å². The maximum Gasteiger partial charge on any atom is 0.349 e. The van der Waals surface area contributed by atoms with Gasteiger partial charge in [0.2, 0.25) is 5.95 Å². The number of hydrogen-bond donors (Lipinski definition) is 2. The summed E-state index contributed by atoms with van der Waals surface area (Å²) in [6, 6.07) is 0. The van der Waals surface area contributed by atoms with Gasteiger partial charge in [0, 0.05) is 7.05 Å². The van der Waals surface area contributed by atoms with Crippen LogP contribution in [-0.2, 0) is 7.05 Å². The molecule has 3 N–H and O–H groups in total. The van der Waals surface area contributed by atoms with Crippen LogP contribution in [0.3, 0.4) is 0 Å². The molecular weight excluding hydrogens is 186 g/mol. The van der Waals surface area contributed by atoms with Crippen molar-refractivity contribution in [1.29, 1.82) is 0 Å².